The van der Waals surface area contributed by atoms with Gasteiger partial charge in [0.05, 0.1) is 18.2 Å². The molecule has 0 N–H and O–H groups in total. The number of aromatic nitrogens is 2. The van der Waals surface area contributed by atoms with Crippen LogP contribution in [0.15, 0.2) is 42.7 Å². The zero-order valence-corrected chi connectivity index (χ0v) is 12.6. The van der Waals surface area contributed by atoms with Crippen molar-refractivity contribution in [2.45, 2.75) is 13.0 Å². The number of nitriles is 1. The molecule has 0 fully saturated rings. The van der Waals surface area contributed by atoms with E-state index in [-0.39, 0.29) is 5.91 Å². The summed E-state index contributed by atoms with van der Waals surface area (Å²) in [4.78, 5) is 14.4. The Balaban J connectivity index is 2.24. The number of nitrogens with zero attached hydrogens (tertiary/aromatic N) is 4. The van der Waals surface area contributed by atoms with Gasteiger partial charge >= 0.3 is 0 Å². The van der Waals surface area contributed by atoms with Crippen LogP contribution in [0.25, 0.3) is 0 Å². The molecule has 0 aliphatic carbocycles. The summed E-state index contributed by atoms with van der Waals surface area (Å²) >= 11 is 0. The van der Waals surface area contributed by atoms with Gasteiger partial charge in [-0.15, -0.1) is 0 Å². The van der Waals surface area contributed by atoms with E-state index in [2.05, 4.69) is 11.2 Å². The molecule has 22 heavy (non-hydrogen) atoms. The molecule has 0 radical (unpaired) electrons. The second kappa shape index (κ2) is 7.38. The molecule has 0 aliphatic heterocycles. The van der Waals surface area contributed by atoms with Crippen LogP contribution in [0.4, 0.5) is 5.69 Å². The van der Waals surface area contributed by atoms with E-state index < -0.39 is 6.04 Å². The molecule has 114 valence electrons. The van der Waals surface area contributed by atoms with Crippen molar-refractivity contribution >= 4 is 11.6 Å². The van der Waals surface area contributed by atoms with E-state index in [0.717, 1.165) is 5.69 Å². The smallest absolute Gasteiger partial charge is 0.251 e. The fourth-order valence-corrected chi connectivity index (χ4v) is 2.11. The van der Waals surface area contributed by atoms with E-state index in [0.29, 0.717) is 18.7 Å². The Morgan fingerprint density at radius 3 is 2.73 bits per heavy atom. The van der Waals surface area contributed by atoms with Crippen LogP contribution >= 0.6 is 0 Å². The van der Waals surface area contributed by atoms with Gasteiger partial charge in [0.1, 0.15) is 6.04 Å². The third-order valence-electron chi connectivity index (χ3n) is 3.37. The zero-order chi connectivity index (χ0) is 15.9. The number of carbonyl (C=O) groups is 1. The number of methoxy groups -OCH3 is 1. The Labute approximate surface area is 129 Å². The van der Waals surface area contributed by atoms with Gasteiger partial charge in [0.15, 0.2) is 0 Å². The molecule has 2 rings (SSSR count). The summed E-state index contributed by atoms with van der Waals surface area (Å²) in [5.41, 5.74) is 1.29. The predicted octanol–water partition coefficient (Wildman–Crippen LogP) is 2.00. The number of amides is 1. The molecule has 1 heterocycles. The molecule has 1 aromatic heterocycles. The third kappa shape index (κ3) is 3.51. The molecular weight excluding hydrogens is 280 g/mol. The monoisotopic (exact) mass is 298 g/mol. The Morgan fingerprint density at radius 2 is 2.18 bits per heavy atom. The minimum absolute atomic E-state index is 0.0783. The summed E-state index contributed by atoms with van der Waals surface area (Å²) in [7, 11) is 1.60. The van der Waals surface area contributed by atoms with Gasteiger partial charge in [-0.1, -0.05) is 0 Å². The highest BCUT2D eigenvalue weighted by Crippen LogP contribution is 2.19. The Hall–Kier alpha value is -2.65. The second-order valence-corrected chi connectivity index (χ2v) is 4.80. The normalized spacial score (nSPS) is 11.7. The van der Waals surface area contributed by atoms with E-state index in [1.165, 1.54) is 0 Å². The first-order chi connectivity index (χ1) is 10.7. The zero-order valence-electron chi connectivity index (χ0n) is 12.6. The average molecular weight is 298 g/mol. The highest BCUT2D eigenvalue weighted by Gasteiger charge is 2.23. The molecule has 0 spiro atoms. The minimum atomic E-state index is -0.414. The van der Waals surface area contributed by atoms with Gasteiger partial charge < -0.3 is 9.64 Å². The SMILES string of the molecule is COCCN(C(=O)[C@H](C)n1cccn1)c1ccc(C#N)cc1. The van der Waals surface area contributed by atoms with Crippen LogP contribution in [-0.2, 0) is 9.53 Å². The quantitative estimate of drug-likeness (QED) is 0.817. The van der Waals surface area contributed by atoms with Crippen LogP contribution in [0.5, 0.6) is 0 Å². The summed E-state index contributed by atoms with van der Waals surface area (Å²) in [5.74, 6) is -0.0783. The molecule has 2 aromatic rings. The molecule has 1 amide bonds. The molecule has 1 aromatic carbocycles. The van der Waals surface area contributed by atoms with Gasteiger partial charge in [0.25, 0.3) is 5.91 Å². The largest absolute Gasteiger partial charge is 0.383 e. The van der Waals surface area contributed by atoms with Crippen molar-refractivity contribution in [3.63, 3.8) is 0 Å². The van der Waals surface area contributed by atoms with Crippen LogP contribution in [-0.4, -0.2) is 35.9 Å². The van der Waals surface area contributed by atoms with E-state index in [9.17, 15) is 4.79 Å². The summed E-state index contributed by atoms with van der Waals surface area (Å²) in [6, 6.07) is 10.4. The van der Waals surface area contributed by atoms with Crippen molar-refractivity contribution in [1.29, 1.82) is 5.26 Å². The number of ether oxygens (including phenoxy) is 1. The lowest BCUT2D eigenvalue weighted by Gasteiger charge is -2.26. The van der Waals surface area contributed by atoms with Crippen molar-refractivity contribution in [3.05, 3.63) is 48.3 Å². The number of carbonyl (C=O) groups excluding carboxylic acids is 1. The summed E-state index contributed by atoms with van der Waals surface area (Å²) in [5, 5.41) is 13.0. The number of hydrogen-bond acceptors (Lipinski definition) is 4. The van der Waals surface area contributed by atoms with Gasteiger partial charge in [-0.05, 0) is 37.3 Å². The molecule has 0 saturated heterocycles. The topological polar surface area (TPSA) is 71.2 Å². The maximum absolute atomic E-state index is 12.7. The molecule has 0 bridgehead atoms. The minimum Gasteiger partial charge on any atom is -0.383 e. The van der Waals surface area contributed by atoms with Crippen molar-refractivity contribution in [2.75, 3.05) is 25.2 Å². The van der Waals surface area contributed by atoms with Crippen LogP contribution in [0.1, 0.15) is 18.5 Å². The van der Waals surface area contributed by atoms with Crippen LogP contribution in [0, 0.1) is 11.3 Å². The summed E-state index contributed by atoms with van der Waals surface area (Å²) < 4.78 is 6.71. The van der Waals surface area contributed by atoms with Crippen LogP contribution in [0.2, 0.25) is 0 Å². The molecule has 1 atom stereocenters. The standard InChI is InChI=1S/C16H18N4O2/c1-13(20-9-3-8-18-20)16(21)19(10-11-22-2)15-6-4-14(12-17)5-7-15/h3-9,13H,10-11H2,1-2H3/t13-/m0/s1. The number of anilines is 1. The van der Waals surface area contributed by atoms with E-state index in [1.54, 1.807) is 66.3 Å². The lowest BCUT2D eigenvalue weighted by Crippen LogP contribution is -2.38. The van der Waals surface area contributed by atoms with Crippen LogP contribution < -0.4 is 4.90 Å². The fraction of sp³-hybridized carbons (Fsp3) is 0.312. The van der Waals surface area contributed by atoms with Gasteiger partial charge in [-0.25, -0.2) is 0 Å². The third-order valence-corrected chi connectivity index (χ3v) is 3.37. The summed E-state index contributed by atoms with van der Waals surface area (Å²) in [6.07, 6.45) is 3.40. The number of hydrogen-bond donors (Lipinski definition) is 0. The average Bonchev–Trinajstić information content (AvgIpc) is 3.09. The fourth-order valence-electron chi connectivity index (χ4n) is 2.11. The second-order valence-electron chi connectivity index (χ2n) is 4.80. The first-order valence-corrected chi connectivity index (χ1v) is 6.97. The molecule has 6 nitrogen and oxygen atoms in total. The first kappa shape index (κ1) is 15.7. The molecule has 0 unspecified atom stereocenters. The van der Waals surface area contributed by atoms with Crippen molar-refractivity contribution in [2.24, 2.45) is 0 Å². The number of benzene rings is 1. The van der Waals surface area contributed by atoms with Crippen molar-refractivity contribution in [3.8, 4) is 6.07 Å². The predicted molar refractivity (Wildman–Crippen MR) is 82.3 cm³/mol. The van der Waals surface area contributed by atoms with Crippen molar-refractivity contribution < 1.29 is 9.53 Å². The lowest BCUT2D eigenvalue weighted by molar-refractivity contribution is -0.121. The van der Waals surface area contributed by atoms with Gasteiger partial charge in [-0.2, -0.15) is 10.4 Å². The molecular formula is C16H18N4O2. The van der Waals surface area contributed by atoms with E-state index >= 15 is 0 Å². The van der Waals surface area contributed by atoms with Crippen LogP contribution in [0.3, 0.4) is 0 Å². The first-order valence-electron chi connectivity index (χ1n) is 6.97. The number of rotatable bonds is 6. The van der Waals surface area contributed by atoms with E-state index in [4.69, 9.17) is 10.00 Å². The maximum Gasteiger partial charge on any atom is 0.251 e. The Morgan fingerprint density at radius 1 is 1.45 bits per heavy atom. The maximum atomic E-state index is 12.7. The van der Waals surface area contributed by atoms with Gasteiger partial charge in [0, 0.05) is 31.7 Å². The summed E-state index contributed by atoms with van der Waals surface area (Å²) in [6.45, 7) is 2.67. The molecule has 0 saturated carbocycles. The highest BCUT2D eigenvalue weighted by atomic mass is 16.5. The Kier molecular flexibility index (Phi) is 5.28. The van der Waals surface area contributed by atoms with Gasteiger partial charge in [0.2, 0.25) is 0 Å². The Bertz CT molecular complexity index is 644. The van der Waals surface area contributed by atoms with E-state index in [1.807, 2.05) is 0 Å². The van der Waals surface area contributed by atoms with Crippen molar-refractivity contribution in [1.82, 2.24) is 9.78 Å². The lowest BCUT2D eigenvalue weighted by atomic mass is 10.2. The molecule has 6 heteroatoms. The molecule has 0 aliphatic rings. The van der Waals surface area contributed by atoms with Gasteiger partial charge in [-0.3, -0.25) is 9.48 Å². The highest BCUT2D eigenvalue weighted by molar-refractivity contribution is 5.95.